The Bertz CT molecular complexity index is 365. The predicted molar refractivity (Wildman–Crippen MR) is 49.0 cm³/mol. The molecule has 1 atom stereocenters. The Labute approximate surface area is 76.8 Å². The van der Waals surface area contributed by atoms with E-state index in [4.69, 9.17) is 11.0 Å². The van der Waals surface area contributed by atoms with Crippen LogP contribution in [0, 0.1) is 11.3 Å². The number of rotatable bonds is 2. The third-order valence-corrected chi connectivity index (χ3v) is 1.89. The van der Waals surface area contributed by atoms with Gasteiger partial charge in [0.1, 0.15) is 0 Å². The SMILES string of the molecule is C[C@H](C#N)c1ccccc1C(N)=O. The molecular formula is C10H10N2O. The fraction of sp³-hybridized carbons (Fsp3) is 0.200. The first kappa shape index (κ1) is 9.27. The van der Waals surface area contributed by atoms with E-state index in [9.17, 15) is 4.79 Å². The van der Waals surface area contributed by atoms with Crippen molar-refractivity contribution in [1.82, 2.24) is 0 Å². The van der Waals surface area contributed by atoms with Crippen LogP contribution < -0.4 is 5.73 Å². The van der Waals surface area contributed by atoms with Crippen molar-refractivity contribution in [3.05, 3.63) is 35.4 Å². The van der Waals surface area contributed by atoms with Gasteiger partial charge in [0.25, 0.3) is 0 Å². The predicted octanol–water partition coefficient (Wildman–Crippen LogP) is 1.41. The summed E-state index contributed by atoms with van der Waals surface area (Å²) in [6, 6.07) is 8.96. The number of amides is 1. The lowest BCUT2D eigenvalue weighted by Crippen LogP contribution is -2.14. The minimum atomic E-state index is -0.488. The van der Waals surface area contributed by atoms with Crippen molar-refractivity contribution in [3.63, 3.8) is 0 Å². The number of carbonyl (C=O) groups excluding carboxylic acids is 1. The number of nitriles is 1. The van der Waals surface area contributed by atoms with Crippen LogP contribution >= 0.6 is 0 Å². The normalized spacial score (nSPS) is 11.7. The maximum Gasteiger partial charge on any atom is 0.249 e. The second kappa shape index (κ2) is 3.72. The molecule has 0 aliphatic carbocycles. The van der Waals surface area contributed by atoms with E-state index >= 15 is 0 Å². The molecule has 0 heterocycles. The summed E-state index contributed by atoms with van der Waals surface area (Å²) in [4.78, 5) is 11.0. The standard InChI is InChI=1S/C10H10N2O/c1-7(6-11)8-4-2-3-5-9(8)10(12)13/h2-5,7H,1H3,(H2,12,13)/t7-/m1/s1. The molecule has 0 aliphatic heterocycles. The molecule has 1 aromatic carbocycles. The van der Waals surface area contributed by atoms with Crippen LogP contribution in [0.5, 0.6) is 0 Å². The van der Waals surface area contributed by atoms with Gasteiger partial charge >= 0.3 is 0 Å². The van der Waals surface area contributed by atoms with E-state index in [0.29, 0.717) is 11.1 Å². The van der Waals surface area contributed by atoms with Crippen molar-refractivity contribution in [3.8, 4) is 6.07 Å². The first-order valence-electron chi connectivity index (χ1n) is 3.95. The second-order valence-corrected chi connectivity index (χ2v) is 2.80. The molecule has 0 saturated carbocycles. The van der Waals surface area contributed by atoms with E-state index in [1.54, 1.807) is 31.2 Å². The Hall–Kier alpha value is -1.82. The number of nitrogens with two attached hydrogens (primary N) is 1. The van der Waals surface area contributed by atoms with Crippen LogP contribution in [0.4, 0.5) is 0 Å². The summed E-state index contributed by atoms with van der Waals surface area (Å²) in [6.07, 6.45) is 0. The highest BCUT2D eigenvalue weighted by Gasteiger charge is 2.12. The minimum absolute atomic E-state index is 0.302. The van der Waals surface area contributed by atoms with Crippen molar-refractivity contribution in [1.29, 1.82) is 5.26 Å². The number of primary amides is 1. The van der Waals surface area contributed by atoms with E-state index in [1.807, 2.05) is 0 Å². The van der Waals surface area contributed by atoms with Gasteiger partial charge in [-0.1, -0.05) is 18.2 Å². The van der Waals surface area contributed by atoms with Crippen molar-refractivity contribution in [2.45, 2.75) is 12.8 Å². The van der Waals surface area contributed by atoms with Crippen LogP contribution in [-0.4, -0.2) is 5.91 Å². The van der Waals surface area contributed by atoms with Gasteiger partial charge in [0, 0.05) is 5.56 Å². The Morgan fingerprint density at radius 2 is 2.15 bits per heavy atom. The average molecular weight is 174 g/mol. The monoisotopic (exact) mass is 174 g/mol. The minimum Gasteiger partial charge on any atom is -0.366 e. The van der Waals surface area contributed by atoms with Crippen molar-refractivity contribution in [2.75, 3.05) is 0 Å². The molecule has 3 heteroatoms. The van der Waals surface area contributed by atoms with Gasteiger partial charge in [-0.05, 0) is 18.6 Å². The Morgan fingerprint density at radius 1 is 1.54 bits per heavy atom. The Balaban J connectivity index is 3.21. The third kappa shape index (κ3) is 1.85. The molecule has 0 spiro atoms. The lowest BCUT2D eigenvalue weighted by molar-refractivity contribution is 0.0999. The van der Waals surface area contributed by atoms with Gasteiger partial charge in [-0.15, -0.1) is 0 Å². The zero-order valence-corrected chi connectivity index (χ0v) is 7.32. The van der Waals surface area contributed by atoms with E-state index in [0.717, 1.165) is 0 Å². The molecule has 2 N–H and O–H groups in total. The molecule has 1 rings (SSSR count). The van der Waals surface area contributed by atoms with E-state index in [1.165, 1.54) is 0 Å². The van der Waals surface area contributed by atoms with Crippen LogP contribution in [0.2, 0.25) is 0 Å². The molecule has 0 unspecified atom stereocenters. The molecule has 1 amide bonds. The maximum absolute atomic E-state index is 11.0. The van der Waals surface area contributed by atoms with Crippen LogP contribution in [0.1, 0.15) is 28.8 Å². The van der Waals surface area contributed by atoms with Crippen LogP contribution in [0.25, 0.3) is 0 Å². The average Bonchev–Trinajstić information content (AvgIpc) is 2.16. The zero-order valence-electron chi connectivity index (χ0n) is 7.32. The summed E-state index contributed by atoms with van der Waals surface area (Å²) in [7, 11) is 0. The molecule has 66 valence electrons. The summed E-state index contributed by atoms with van der Waals surface area (Å²) in [6.45, 7) is 1.74. The lowest BCUT2D eigenvalue weighted by Gasteiger charge is -2.06. The summed E-state index contributed by atoms with van der Waals surface area (Å²) >= 11 is 0. The number of nitrogens with zero attached hydrogens (tertiary/aromatic N) is 1. The van der Waals surface area contributed by atoms with Crippen LogP contribution in [0.3, 0.4) is 0 Å². The largest absolute Gasteiger partial charge is 0.366 e. The molecule has 0 saturated heterocycles. The molecule has 13 heavy (non-hydrogen) atoms. The van der Waals surface area contributed by atoms with E-state index in [2.05, 4.69) is 6.07 Å². The maximum atomic E-state index is 11.0. The highest BCUT2D eigenvalue weighted by atomic mass is 16.1. The van der Waals surface area contributed by atoms with Gasteiger partial charge in [-0.3, -0.25) is 4.79 Å². The Morgan fingerprint density at radius 3 is 2.69 bits per heavy atom. The number of carbonyl (C=O) groups is 1. The first-order chi connectivity index (χ1) is 6.16. The molecule has 0 aliphatic rings. The van der Waals surface area contributed by atoms with Gasteiger partial charge < -0.3 is 5.73 Å². The molecule has 0 fully saturated rings. The van der Waals surface area contributed by atoms with Gasteiger partial charge in [0.2, 0.25) is 5.91 Å². The van der Waals surface area contributed by atoms with Crippen LogP contribution in [0.15, 0.2) is 24.3 Å². The van der Waals surface area contributed by atoms with Crippen LogP contribution in [-0.2, 0) is 0 Å². The molecular weight excluding hydrogens is 164 g/mol. The summed E-state index contributed by atoms with van der Waals surface area (Å²) < 4.78 is 0. The number of hydrogen-bond donors (Lipinski definition) is 1. The van der Waals surface area contributed by atoms with Gasteiger partial charge in [0.05, 0.1) is 12.0 Å². The molecule has 0 radical (unpaired) electrons. The fourth-order valence-corrected chi connectivity index (χ4v) is 1.17. The second-order valence-electron chi connectivity index (χ2n) is 2.80. The zero-order chi connectivity index (χ0) is 9.84. The smallest absolute Gasteiger partial charge is 0.249 e. The quantitative estimate of drug-likeness (QED) is 0.736. The molecule has 1 aromatic rings. The summed E-state index contributed by atoms with van der Waals surface area (Å²) in [5.74, 6) is -0.790. The van der Waals surface area contributed by atoms with Gasteiger partial charge in [-0.25, -0.2) is 0 Å². The van der Waals surface area contributed by atoms with E-state index in [-0.39, 0.29) is 5.92 Å². The Kier molecular flexibility index (Phi) is 2.65. The summed E-state index contributed by atoms with van der Waals surface area (Å²) in [5.41, 5.74) is 6.28. The van der Waals surface area contributed by atoms with Gasteiger partial charge in [-0.2, -0.15) is 5.26 Å². The first-order valence-corrected chi connectivity index (χ1v) is 3.95. The van der Waals surface area contributed by atoms with E-state index < -0.39 is 5.91 Å². The molecule has 0 aromatic heterocycles. The van der Waals surface area contributed by atoms with Gasteiger partial charge in [0.15, 0.2) is 0 Å². The third-order valence-electron chi connectivity index (χ3n) is 1.89. The molecule has 3 nitrogen and oxygen atoms in total. The molecule has 0 bridgehead atoms. The highest BCUT2D eigenvalue weighted by Crippen LogP contribution is 2.18. The lowest BCUT2D eigenvalue weighted by atomic mass is 9.97. The fourth-order valence-electron chi connectivity index (χ4n) is 1.17. The number of hydrogen-bond acceptors (Lipinski definition) is 2. The highest BCUT2D eigenvalue weighted by molar-refractivity contribution is 5.94. The summed E-state index contributed by atoms with van der Waals surface area (Å²) in [5, 5.41) is 8.69. The van der Waals surface area contributed by atoms with Crippen molar-refractivity contribution >= 4 is 5.91 Å². The topological polar surface area (TPSA) is 66.9 Å². The van der Waals surface area contributed by atoms with Crippen molar-refractivity contribution in [2.24, 2.45) is 5.73 Å². The number of benzene rings is 1. The van der Waals surface area contributed by atoms with Crippen molar-refractivity contribution < 1.29 is 4.79 Å².